The zero-order valence-corrected chi connectivity index (χ0v) is 15.7. The maximum absolute atomic E-state index is 13.3. The highest BCUT2D eigenvalue weighted by Gasteiger charge is 2.49. The topological polar surface area (TPSA) is 73.7 Å². The van der Waals surface area contributed by atoms with Crippen LogP contribution in [0, 0.1) is 19.3 Å². The first-order chi connectivity index (χ1) is 11.3. The summed E-state index contributed by atoms with van der Waals surface area (Å²) in [6.45, 7) is 5.75. The minimum absolute atomic E-state index is 0.0775. The van der Waals surface area contributed by atoms with Crippen molar-refractivity contribution in [3.05, 3.63) is 11.4 Å². The summed E-state index contributed by atoms with van der Waals surface area (Å²) < 4.78 is 41.1. The van der Waals surface area contributed by atoms with Crippen molar-refractivity contribution in [2.75, 3.05) is 33.4 Å². The largest absolute Gasteiger partial charge is 0.384 e. The van der Waals surface area contributed by atoms with Crippen LogP contribution in [0.25, 0.3) is 0 Å². The summed E-state index contributed by atoms with van der Waals surface area (Å²) in [5.41, 5.74) is 0.982. The molecule has 2 saturated heterocycles. The highest BCUT2D eigenvalue weighted by molar-refractivity contribution is 7.89. The van der Waals surface area contributed by atoms with Crippen LogP contribution in [0.5, 0.6) is 0 Å². The van der Waals surface area contributed by atoms with Crippen molar-refractivity contribution in [1.29, 1.82) is 0 Å². The Morgan fingerprint density at radius 2 is 2.17 bits per heavy atom. The molecule has 136 valence electrons. The molecular weight excluding hydrogens is 330 g/mol. The number of piperidine rings is 1. The lowest BCUT2D eigenvalue weighted by Crippen LogP contribution is -2.57. The molecule has 8 heteroatoms. The third-order valence-electron chi connectivity index (χ3n) is 5.43. The van der Waals surface area contributed by atoms with Crippen LogP contribution >= 0.6 is 0 Å². The van der Waals surface area contributed by atoms with Gasteiger partial charge in [0.15, 0.2) is 0 Å². The molecule has 0 spiro atoms. The van der Waals surface area contributed by atoms with Gasteiger partial charge >= 0.3 is 0 Å². The van der Waals surface area contributed by atoms with E-state index in [0.717, 1.165) is 19.4 Å². The van der Waals surface area contributed by atoms with Crippen molar-refractivity contribution in [2.45, 2.75) is 44.1 Å². The zero-order valence-electron chi connectivity index (χ0n) is 14.9. The third kappa shape index (κ3) is 2.79. The fourth-order valence-electron chi connectivity index (χ4n) is 4.21. The van der Waals surface area contributed by atoms with Crippen LogP contribution in [0.15, 0.2) is 4.90 Å². The lowest BCUT2D eigenvalue weighted by atomic mass is 9.73. The number of methoxy groups -OCH3 is 1. The average Bonchev–Trinajstić information content (AvgIpc) is 2.79. The average molecular weight is 357 g/mol. The normalized spacial score (nSPS) is 28.8. The summed E-state index contributed by atoms with van der Waals surface area (Å²) in [5.74, 6) is 0. The van der Waals surface area contributed by atoms with Crippen molar-refractivity contribution >= 4 is 10.0 Å². The number of nitrogens with zero attached hydrogens (tertiary/aromatic N) is 3. The van der Waals surface area contributed by atoms with Gasteiger partial charge in [-0.3, -0.25) is 4.68 Å². The van der Waals surface area contributed by atoms with Crippen LogP contribution in [0.2, 0.25) is 0 Å². The highest BCUT2D eigenvalue weighted by atomic mass is 32.2. The number of rotatable bonds is 4. The van der Waals surface area contributed by atoms with Crippen molar-refractivity contribution < 1.29 is 17.9 Å². The maximum Gasteiger partial charge on any atom is 0.246 e. The molecule has 2 fully saturated rings. The number of aryl methyl sites for hydroxylation is 2. The molecule has 3 rings (SSSR count). The van der Waals surface area contributed by atoms with Crippen LogP contribution in [0.1, 0.15) is 30.7 Å². The van der Waals surface area contributed by atoms with E-state index in [9.17, 15) is 8.42 Å². The van der Waals surface area contributed by atoms with Crippen LogP contribution in [-0.4, -0.2) is 62.0 Å². The SMILES string of the molecule is COC[C@]12CCCO[C@H]1CCN(S(=O)(=O)c1c(C)nn(C)c1C)C2. The molecule has 1 aromatic rings. The maximum atomic E-state index is 13.3. The summed E-state index contributed by atoms with van der Waals surface area (Å²) in [7, 11) is -0.128. The fraction of sp³-hybridized carbons (Fsp3) is 0.812. The molecule has 2 aliphatic rings. The van der Waals surface area contributed by atoms with Crippen molar-refractivity contribution in [1.82, 2.24) is 14.1 Å². The van der Waals surface area contributed by atoms with E-state index in [4.69, 9.17) is 9.47 Å². The van der Waals surface area contributed by atoms with E-state index in [1.807, 2.05) is 0 Å². The summed E-state index contributed by atoms with van der Waals surface area (Å²) >= 11 is 0. The summed E-state index contributed by atoms with van der Waals surface area (Å²) in [4.78, 5) is 0.341. The van der Waals surface area contributed by atoms with Crippen molar-refractivity contribution in [3.8, 4) is 0 Å². The molecule has 1 aromatic heterocycles. The molecule has 3 heterocycles. The Morgan fingerprint density at radius 3 is 2.79 bits per heavy atom. The molecule has 7 nitrogen and oxygen atoms in total. The predicted octanol–water partition coefficient (Wildman–Crippen LogP) is 1.24. The molecule has 0 amide bonds. The second-order valence-electron chi connectivity index (χ2n) is 7.01. The molecule has 24 heavy (non-hydrogen) atoms. The first-order valence-electron chi connectivity index (χ1n) is 8.43. The number of aromatic nitrogens is 2. The molecule has 0 unspecified atom stereocenters. The van der Waals surface area contributed by atoms with Crippen LogP contribution in [0.4, 0.5) is 0 Å². The minimum atomic E-state index is -3.57. The summed E-state index contributed by atoms with van der Waals surface area (Å²) in [5, 5.41) is 4.27. The van der Waals surface area contributed by atoms with Gasteiger partial charge in [0.2, 0.25) is 10.0 Å². The number of ether oxygens (including phenoxy) is 2. The molecule has 2 aliphatic heterocycles. The number of hydrogen-bond donors (Lipinski definition) is 0. The second-order valence-corrected chi connectivity index (χ2v) is 8.88. The third-order valence-corrected chi connectivity index (χ3v) is 7.52. The van der Waals surface area contributed by atoms with Gasteiger partial charge in [0.1, 0.15) is 4.90 Å². The fourth-order valence-corrected chi connectivity index (χ4v) is 6.16. The van der Waals surface area contributed by atoms with Crippen LogP contribution in [-0.2, 0) is 26.5 Å². The van der Waals surface area contributed by atoms with E-state index in [1.165, 1.54) is 0 Å². The lowest BCUT2D eigenvalue weighted by Gasteiger charge is -2.49. The van der Waals surface area contributed by atoms with Crippen LogP contribution in [0.3, 0.4) is 0 Å². The second kappa shape index (κ2) is 6.40. The van der Waals surface area contributed by atoms with E-state index in [1.54, 1.807) is 37.0 Å². The van der Waals surface area contributed by atoms with Crippen LogP contribution < -0.4 is 0 Å². The molecule has 0 saturated carbocycles. The van der Waals surface area contributed by atoms with E-state index in [2.05, 4.69) is 5.10 Å². The van der Waals surface area contributed by atoms with Crippen molar-refractivity contribution in [3.63, 3.8) is 0 Å². The van der Waals surface area contributed by atoms with Gasteiger partial charge in [-0.1, -0.05) is 0 Å². The Hall–Kier alpha value is -0.960. The Bertz CT molecular complexity index is 711. The predicted molar refractivity (Wildman–Crippen MR) is 89.3 cm³/mol. The molecule has 0 N–H and O–H groups in total. The quantitative estimate of drug-likeness (QED) is 0.811. The van der Waals surface area contributed by atoms with Gasteiger partial charge in [-0.15, -0.1) is 0 Å². The molecule has 2 atom stereocenters. The molecular formula is C16H27N3O4S. The van der Waals surface area contributed by atoms with E-state index in [0.29, 0.717) is 42.4 Å². The monoisotopic (exact) mass is 357 g/mol. The smallest absolute Gasteiger partial charge is 0.246 e. The Balaban J connectivity index is 1.94. The van der Waals surface area contributed by atoms with Gasteiger partial charge in [-0.25, -0.2) is 8.42 Å². The summed E-state index contributed by atoms with van der Waals surface area (Å²) in [6.07, 6.45) is 2.66. The van der Waals surface area contributed by atoms with Crippen molar-refractivity contribution in [2.24, 2.45) is 12.5 Å². The molecule has 0 radical (unpaired) electrons. The Morgan fingerprint density at radius 1 is 1.42 bits per heavy atom. The molecule has 0 aliphatic carbocycles. The van der Waals surface area contributed by atoms with E-state index in [-0.39, 0.29) is 11.5 Å². The number of sulfonamides is 1. The van der Waals surface area contributed by atoms with Gasteiger partial charge in [0.05, 0.1) is 24.1 Å². The van der Waals surface area contributed by atoms with E-state index < -0.39 is 10.0 Å². The van der Waals surface area contributed by atoms with E-state index >= 15 is 0 Å². The lowest BCUT2D eigenvalue weighted by molar-refractivity contribution is -0.137. The first-order valence-corrected chi connectivity index (χ1v) is 9.87. The zero-order chi connectivity index (χ0) is 17.5. The van der Waals surface area contributed by atoms with Gasteiger partial charge in [0, 0.05) is 39.3 Å². The number of fused-ring (bicyclic) bond motifs is 1. The van der Waals surface area contributed by atoms with Gasteiger partial charge in [-0.05, 0) is 33.1 Å². The molecule has 0 bridgehead atoms. The molecule has 0 aromatic carbocycles. The standard InChI is InChI=1S/C16H27N3O4S/c1-12-15(13(2)18(3)17-12)24(20,21)19-8-6-14-16(10-19,11-22-4)7-5-9-23-14/h14H,5-11H2,1-4H3/t14-,16+/m0/s1. The summed E-state index contributed by atoms with van der Waals surface area (Å²) in [6, 6.07) is 0. The Labute approximate surface area is 144 Å². The highest BCUT2D eigenvalue weighted by Crippen LogP contribution is 2.42. The van der Waals surface area contributed by atoms with Gasteiger partial charge in [0.25, 0.3) is 0 Å². The number of hydrogen-bond acceptors (Lipinski definition) is 5. The minimum Gasteiger partial charge on any atom is -0.384 e. The first kappa shape index (κ1) is 17.8. The van der Waals surface area contributed by atoms with Gasteiger partial charge < -0.3 is 9.47 Å². The van der Waals surface area contributed by atoms with Gasteiger partial charge in [-0.2, -0.15) is 9.40 Å². The Kier molecular flexibility index (Phi) is 4.76.